The number of benzene rings is 1. The van der Waals surface area contributed by atoms with Gasteiger partial charge in [-0.15, -0.1) is 0 Å². The highest BCUT2D eigenvalue weighted by molar-refractivity contribution is 7.48. The fourth-order valence-corrected chi connectivity index (χ4v) is 3.35. The van der Waals surface area contributed by atoms with Crippen LogP contribution in [0, 0.1) is 0 Å². The van der Waals surface area contributed by atoms with E-state index in [-0.39, 0.29) is 11.9 Å². The van der Waals surface area contributed by atoms with E-state index in [9.17, 15) is 4.79 Å². The molecule has 0 radical (unpaired) electrons. The number of fused-ring (bicyclic) bond motifs is 1. The zero-order chi connectivity index (χ0) is 16.1. The lowest BCUT2D eigenvalue weighted by Crippen LogP contribution is -2.32. The minimum absolute atomic E-state index is 0.0228. The Morgan fingerprint density at radius 2 is 1.73 bits per heavy atom. The largest absolute Gasteiger partial charge is 0.496 e. The smallest absolute Gasteiger partial charge is 0.177 e. The van der Waals surface area contributed by atoms with Gasteiger partial charge in [-0.1, -0.05) is 0 Å². The lowest BCUT2D eigenvalue weighted by Gasteiger charge is -2.27. The molecule has 1 heterocycles. The maximum absolute atomic E-state index is 12.3. The molecule has 0 bridgehead atoms. The van der Waals surface area contributed by atoms with Crippen molar-refractivity contribution in [2.45, 2.75) is 19.1 Å². The molecule has 0 N–H and O–H groups in total. The Labute approximate surface area is 131 Å². The summed E-state index contributed by atoms with van der Waals surface area (Å²) in [7, 11) is 5.11. The van der Waals surface area contributed by atoms with Crippen LogP contribution < -0.4 is 9.47 Å². The number of ketones is 1. The van der Waals surface area contributed by atoms with Crippen molar-refractivity contribution >= 4 is 14.2 Å². The molecule has 0 saturated heterocycles. The summed E-state index contributed by atoms with van der Waals surface area (Å²) in [5.41, 5.74) is 1.90. The van der Waals surface area contributed by atoms with E-state index in [0.29, 0.717) is 13.0 Å². The molecule has 0 amide bonds. The number of rotatable bonds is 7. The van der Waals surface area contributed by atoms with Crippen molar-refractivity contribution in [3.8, 4) is 11.5 Å². The highest BCUT2D eigenvalue weighted by Crippen LogP contribution is 2.39. The second-order valence-electron chi connectivity index (χ2n) is 4.75. The first-order valence-electron chi connectivity index (χ1n) is 6.87. The molecule has 122 valence electrons. The molecule has 22 heavy (non-hydrogen) atoms. The summed E-state index contributed by atoms with van der Waals surface area (Å²) in [5.74, 6) is 1.47. The van der Waals surface area contributed by atoms with Crippen LogP contribution in [0.4, 0.5) is 0 Å². The Morgan fingerprint density at radius 3 is 2.27 bits per heavy atom. The third-order valence-electron chi connectivity index (χ3n) is 3.65. The Bertz CT molecular complexity index is 529. The van der Waals surface area contributed by atoms with Crippen LogP contribution in [-0.4, -0.2) is 46.5 Å². The van der Waals surface area contributed by atoms with Gasteiger partial charge in [0, 0.05) is 31.8 Å². The Morgan fingerprint density at radius 1 is 1.14 bits per heavy atom. The monoisotopic (exact) mass is 328 g/mol. The number of methoxy groups -OCH3 is 2. The zero-order valence-electron chi connectivity index (χ0n) is 13.3. The molecule has 0 aliphatic carbocycles. The molecule has 0 spiro atoms. The van der Waals surface area contributed by atoms with Gasteiger partial charge in [-0.2, -0.15) is 0 Å². The van der Waals surface area contributed by atoms with E-state index in [1.54, 1.807) is 14.2 Å². The minimum atomic E-state index is -1.19. The third-order valence-corrected chi connectivity index (χ3v) is 5.04. The molecule has 1 aliphatic rings. The molecule has 7 heteroatoms. The van der Waals surface area contributed by atoms with Crippen molar-refractivity contribution < 1.29 is 28.1 Å². The Kier molecular flexibility index (Phi) is 6.15. The van der Waals surface area contributed by atoms with E-state index < -0.39 is 14.5 Å². The predicted octanol–water partition coefficient (Wildman–Crippen LogP) is 2.32. The molecule has 1 aliphatic heterocycles. The number of hydrogen-bond donors (Lipinski definition) is 0. The average Bonchev–Trinajstić information content (AvgIpc) is 2.57. The minimum Gasteiger partial charge on any atom is -0.496 e. The van der Waals surface area contributed by atoms with Crippen molar-refractivity contribution in [2.24, 2.45) is 0 Å². The highest BCUT2D eigenvalue weighted by atomic mass is 31.2. The fraction of sp³-hybridized carbons (Fsp3) is 0.533. The van der Waals surface area contributed by atoms with E-state index in [2.05, 4.69) is 0 Å². The summed E-state index contributed by atoms with van der Waals surface area (Å²) in [6.45, 7) is 0.323. The van der Waals surface area contributed by atoms with Crippen molar-refractivity contribution in [3.63, 3.8) is 0 Å². The van der Waals surface area contributed by atoms with E-state index in [4.69, 9.17) is 23.3 Å². The molecule has 2 rings (SSSR count). The molecule has 1 atom stereocenters. The second-order valence-corrected chi connectivity index (χ2v) is 6.47. The van der Waals surface area contributed by atoms with Gasteiger partial charge in [-0.05, 0) is 12.1 Å². The molecule has 1 unspecified atom stereocenters. The summed E-state index contributed by atoms with van der Waals surface area (Å²) in [5, 5.41) is 0. The molecule has 0 aromatic heterocycles. The van der Waals surface area contributed by atoms with Crippen LogP contribution >= 0.6 is 8.38 Å². The lowest BCUT2D eigenvalue weighted by atomic mass is 9.95. The van der Waals surface area contributed by atoms with E-state index in [1.807, 2.05) is 12.1 Å². The summed E-state index contributed by atoms with van der Waals surface area (Å²) in [4.78, 5) is 12.3. The van der Waals surface area contributed by atoms with Gasteiger partial charge in [0.2, 0.25) is 0 Å². The first kappa shape index (κ1) is 17.2. The fourth-order valence-electron chi connectivity index (χ4n) is 2.48. The molecular formula is C15H21O6P. The third kappa shape index (κ3) is 3.58. The number of ether oxygens (including phenoxy) is 3. The normalized spacial score (nSPS) is 17.2. The highest BCUT2D eigenvalue weighted by Gasteiger charge is 2.31. The van der Waals surface area contributed by atoms with Gasteiger partial charge in [0.25, 0.3) is 0 Å². The molecule has 6 nitrogen and oxygen atoms in total. The van der Waals surface area contributed by atoms with Crippen molar-refractivity contribution in [1.29, 1.82) is 0 Å². The summed E-state index contributed by atoms with van der Waals surface area (Å²) in [6.07, 6.45) is 0.170. The van der Waals surface area contributed by atoms with Crippen molar-refractivity contribution in [3.05, 3.63) is 23.3 Å². The summed E-state index contributed by atoms with van der Waals surface area (Å²) < 4.78 is 26.7. The van der Waals surface area contributed by atoms with E-state index >= 15 is 0 Å². The Hall–Kier alpha value is -1.20. The maximum Gasteiger partial charge on any atom is 0.177 e. The topological polar surface area (TPSA) is 63.2 Å². The molecule has 0 saturated carbocycles. The number of hydrogen-bond acceptors (Lipinski definition) is 6. The predicted molar refractivity (Wildman–Crippen MR) is 82.6 cm³/mol. The van der Waals surface area contributed by atoms with Gasteiger partial charge >= 0.3 is 0 Å². The van der Waals surface area contributed by atoms with Crippen molar-refractivity contribution in [1.82, 2.24) is 0 Å². The lowest BCUT2D eigenvalue weighted by molar-refractivity contribution is -0.129. The van der Waals surface area contributed by atoms with E-state index in [1.165, 1.54) is 14.2 Å². The molecule has 1 aromatic rings. The molecular weight excluding hydrogens is 307 g/mol. The van der Waals surface area contributed by atoms with Gasteiger partial charge in [0.1, 0.15) is 17.6 Å². The second kappa shape index (κ2) is 7.88. The van der Waals surface area contributed by atoms with Gasteiger partial charge in [-0.3, -0.25) is 4.79 Å². The molecule has 1 aromatic carbocycles. The number of carbonyl (C=O) groups is 1. The SMILES string of the molecule is COc1ccc(OC)c2c1COC(C(=O)CP(OC)OC)C2. The maximum atomic E-state index is 12.3. The molecule has 0 fully saturated rings. The van der Waals surface area contributed by atoms with Crippen LogP contribution in [-0.2, 0) is 31.6 Å². The van der Waals surface area contributed by atoms with Gasteiger partial charge < -0.3 is 23.3 Å². The van der Waals surface area contributed by atoms with E-state index in [0.717, 1.165) is 22.6 Å². The van der Waals surface area contributed by atoms with Crippen LogP contribution in [0.15, 0.2) is 12.1 Å². The van der Waals surface area contributed by atoms with Gasteiger partial charge in [-0.25, -0.2) is 0 Å². The van der Waals surface area contributed by atoms with Crippen molar-refractivity contribution in [2.75, 3.05) is 34.6 Å². The zero-order valence-corrected chi connectivity index (χ0v) is 14.1. The Balaban J connectivity index is 2.18. The summed E-state index contributed by atoms with van der Waals surface area (Å²) >= 11 is 0. The van der Waals surface area contributed by atoms with Crippen LogP contribution in [0.5, 0.6) is 11.5 Å². The summed E-state index contributed by atoms with van der Waals surface area (Å²) in [6, 6.07) is 3.69. The average molecular weight is 328 g/mol. The standard InChI is InChI=1S/C15H21O6P/c1-17-13-5-6-14(18-2)11-8-21-15(7-10(11)13)12(16)9-22(19-3)20-4/h5-6,15H,7-9H2,1-4H3. The van der Waals surface area contributed by atoms with Crippen LogP contribution in [0.2, 0.25) is 0 Å². The quantitative estimate of drug-likeness (QED) is 0.716. The number of carbonyl (C=O) groups excluding carboxylic acids is 1. The number of Topliss-reactive ketones (excluding diaryl/α,β-unsaturated/α-hetero) is 1. The van der Waals surface area contributed by atoms with Crippen LogP contribution in [0.25, 0.3) is 0 Å². The van der Waals surface area contributed by atoms with Crippen LogP contribution in [0.1, 0.15) is 11.1 Å². The first-order chi connectivity index (χ1) is 10.6. The van der Waals surface area contributed by atoms with Gasteiger partial charge in [0.05, 0.1) is 27.0 Å². The van der Waals surface area contributed by atoms with Crippen LogP contribution in [0.3, 0.4) is 0 Å². The first-order valence-corrected chi connectivity index (χ1v) is 8.23. The van der Waals surface area contributed by atoms with Gasteiger partial charge in [0.15, 0.2) is 14.2 Å².